The molecule has 88 valence electrons. The monoisotopic (exact) mass is 244 g/mol. The average Bonchev–Trinajstić information content (AvgIpc) is 2.99. The van der Waals surface area contributed by atoms with Gasteiger partial charge in [-0.1, -0.05) is 0 Å². The molecule has 16 heavy (non-hydrogen) atoms. The summed E-state index contributed by atoms with van der Waals surface area (Å²) in [7, 11) is -2.53. The number of hydrogen-bond acceptors (Lipinski definition) is 5. The molecule has 1 saturated carbocycles. The van der Waals surface area contributed by atoms with Crippen LogP contribution in [0.15, 0.2) is 17.3 Å². The topological polar surface area (TPSA) is 91.5 Å². The van der Waals surface area contributed by atoms with Crippen molar-refractivity contribution in [3.05, 3.63) is 12.4 Å². The molecular formula is C9H12N2O4S. The van der Waals surface area contributed by atoms with Crippen LogP contribution < -0.4 is 14.6 Å². The molecular weight excluding hydrogens is 232 g/mol. The fourth-order valence-electron chi connectivity index (χ4n) is 1.29. The Bertz CT molecular complexity index is 496. The maximum absolute atomic E-state index is 11.4. The second-order valence-corrected chi connectivity index (χ2v) is 5.03. The Morgan fingerprint density at radius 1 is 1.38 bits per heavy atom. The number of ether oxygens (including phenoxy) is 2. The highest BCUT2D eigenvalue weighted by atomic mass is 32.2. The third kappa shape index (κ3) is 2.25. The molecule has 2 rings (SSSR count). The summed E-state index contributed by atoms with van der Waals surface area (Å²) in [6.07, 6.45) is 4.53. The predicted octanol–water partition coefficient (Wildman–Crippen LogP) is 0.279. The Kier molecular flexibility index (Phi) is 2.73. The predicted molar refractivity (Wildman–Crippen MR) is 55.8 cm³/mol. The van der Waals surface area contributed by atoms with Gasteiger partial charge in [0.1, 0.15) is 0 Å². The quantitative estimate of drug-likeness (QED) is 0.821. The normalized spacial score (nSPS) is 15.9. The van der Waals surface area contributed by atoms with Crippen molar-refractivity contribution in [1.29, 1.82) is 0 Å². The van der Waals surface area contributed by atoms with E-state index >= 15 is 0 Å². The van der Waals surface area contributed by atoms with Crippen LogP contribution in [0.1, 0.15) is 12.8 Å². The summed E-state index contributed by atoms with van der Waals surface area (Å²) in [4.78, 5) is 3.70. The lowest BCUT2D eigenvalue weighted by atomic mass is 10.4. The van der Waals surface area contributed by atoms with E-state index < -0.39 is 10.0 Å². The van der Waals surface area contributed by atoms with E-state index in [9.17, 15) is 8.42 Å². The number of primary sulfonamides is 1. The highest BCUT2D eigenvalue weighted by Gasteiger charge is 2.28. The number of pyridine rings is 1. The summed E-state index contributed by atoms with van der Waals surface area (Å²) >= 11 is 0. The fraction of sp³-hybridized carbons (Fsp3) is 0.444. The smallest absolute Gasteiger partial charge is 0.245 e. The Hall–Kier alpha value is -1.34. The molecule has 0 unspecified atom stereocenters. The second kappa shape index (κ2) is 3.91. The van der Waals surface area contributed by atoms with E-state index in [0.717, 1.165) is 12.8 Å². The molecule has 0 saturated heterocycles. The molecule has 2 N–H and O–H groups in total. The van der Waals surface area contributed by atoms with Gasteiger partial charge in [-0.15, -0.1) is 0 Å². The van der Waals surface area contributed by atoms with Crippen LogP contribution in [0.3, 0.4) is 0 Å². The number of aromatic nitrogens is 1. The van der Waals surface area contributed by atoms with E-state index in [1.165, 1.54) is 19.5 Å². The summed E-state index contributed by atoms with van der Waals surface area (Å²) in [5.41, 5.74) is 0. The van der Waals surface area contributed by atoms with Crippen LogP contribution in [0.5, 0.6) is 11.5 Å². The molecule has 1 aliphatic carbocycles. The number of nitrogens with two attached hydrogens (primary N) is 1. The van der Waals surface area contributed by atoms with Gasteiger partial charge in [0.2, 0.25) is 10.0 Å². The summed E-state index contributed by atoms with van der Waals surface area (Å²) in [5, 5.41) is 5.11. The number of hydrogen-bond donors (Lipinski definition) is 1. The molecule has 1 aliphatic rings. The van der Waals surface area contributed by atoms with Crippen LogP contribution in [-0.4, -0.2) is 26.6 Å². The first kappa shape index (κ1) is 11.2. The van der Waals surface area contributed by atoms with Crippen molar-refractivity contribution in [2.45, 2.75) is 23.8 Å². The molecule has 1 fully saturated rings. The highest BCUT2D eigenvalue weighted by molar-refractivity contribution is 7.89. The summed E-state index contributed by atoms with van der Waals surface area (Å²) in [6.45, 7) is 0. The van der Waals surface area contributed by atoms with Crippen molar-refractivity contribution in [3.8, 4) is 11.5 Å². The molecule has 1 heterocycles. The molecule has 0 aromatic carbocycles. The third-order valence-corrected chi connectivity index (χ3v) is 3.13. The molecule has 0 bridgehead atoms. The van der Waals surface area contributed by atoms with Crippen LogP contribution in [-0.2, 0) is 10.0 Å². The van der Waals surface area contributed by atoms with Gasteiger partial charge in [-0.3, -0.25) is 4.98 Å². The van der Waals surface area contributed by atoms with Crippen LogP contribution in [0, 0.1) is 0 Å². The summed E-state index contributed by atoms with van der Waals surface area (Å²) in [6, 6.07) is 0. The number of sulfonamides is 1. The van der Waals surface area contributed by atoms with Crippen LogP contribution in [0.2, 0.25) is 0 Å². The minimum atomic E-state index is -3.88. The van der Waals surface area contributed by atoms with E-state index in [-0.39, 0.29) is 22.5 Å². The van der Waals surface area contributed by atoms with Crippen molar-refractivity contribution in [2.24, 2.45) is 5.14 Å². The first-order chi connectivity index (χ1) is 7.52. The standard InChI is InChI=1S/C9H12N2O4S/c1-14-7-4-11-5-8(15-6-2-3-6)9(7)16(10,12)13/h4-6H,2-3H2,1H3,(H2,10,12,13). The van der Waals surface area contributed by atoms with Gasteiger partial charge in [0.05, 0.1) is 25.6 Å². The van der Waals surface area contributed by atoms with Crippen molar-refractivity contribution in [3.63, 3.8) is 0 Å². The van der Waals surface area contributed by atoms with Gasteiger partial charge in [0, 0.05) is 0 Å². The molecule has 0 aliphatic heterocycles. The zero-order valence-electron chi connectivity index (χ0n) is 8.71. The maximum Gasteiger partial charge on any atom is 0.245 e. The van der Waals surface area contributed by atoms with E-state index in [2.05, 4.69) is 4.98 Å². The van der Waals surface area contributed by atoms with E-state index in [1.54, 1.807) is 0 Å². The third-order valence-electron chi connectivity index (χ3n) is 2.15. The number of nitrogens with zero attached hydrogens (tertiary/aromatic N) is 1. The zero-order valence-corrected chi connectivity index (χ0v) is 9.53. The van der Waals surface area contributed by atoms with Crippen molar-refractivity contribution < 1.29 is 17.9 Å². The Morgan fingerprint density at radius 2 is 2.00 bits per heavy atom. The zero-order chi connectivity index (χ0) is 11.8. The van der Waals surface area contributed by atoms with Crippen molar-refractivity contribution >= 4 is 10.0 Å². The van der Waals surface area contributed by atoms with Crippen LogP contribution in [0.25, 0.3) is 0 Å². The second-order valence-electron chi connectivity index (χ2n) is 3.53. The Labute approximate surface area is 93.4 Å². The van der Waals surface area contributed by atoms with Gasteiger partial charge in [-0.05, 0) is 12.8 Å². The van der Waals surface area contributed by atoms with Gasteiger partial charge in [0.15, 0.2) is 16.4 Å². The van der Waals surface area contributed by atoms with Gasteiger partial charge >= 0.3 is 0 Å². The minimum absolute atomic E-state index is 0.0643. The lowest BCUT2D eigenvalue weighted by molar-refractivity contribution is 0.288. The average molecular weight is 244 g/mol. The largest absolute Gasteiger partial charge is 0.494 e. The molecule has 0 radical (unpaired) electrons. The van der Waals surface area contributed by atoms with E-state index in [0.29, 0.717) is 0 Å². The molecule has 0 atom stereocenters. The SMILES string of the molecule is COc1cncc(OC2CC2)c1S(N)(=O)=O. The molecule has 0 amide bonds. The molecule has 0 spiro atoms. The Balaban J connectivity index is 2.49. The van der Waals surface area contributed by atoms with Crippen molar-refractivity contribution in [2.75, 3.05) is 7.11 Å². The van der Waals surface area contributed by atoms with Gasteiger partial charge in [0.25, 0.3) is 0 Å². The first-order valence-electron chi connectivity index (χ1n) is 4.74. The van der Waals surface area contributed by atoms with E-state index in [4.69, 9.17) is 14.6 Å². The number of methoxy groups -OCH3 is 1. The summed E-state index contributed by atoms with van der Waals surface area (Å²) < 4.78 is 33.2. The van der Waals surface area contributed by atoms with Crippen LogP contribution in [0.4, 0.5) is 0 Å². The van der Waals surface area contributed by atoms with Crippen molar-refractivity contribution in [1.82, 2.24) is 4.98 Å². The maximum atomic E-state index is 11.4. The van der Waals surface area contributed by atoms with Gasteiger partial charge in [-0.2, -0.15) is 0 Å². The Morgan fingerprint density at radius 3 is 2.50 bits per heavy atom. The molecule has 7 heteroatoms. The number of rotatable bonds is 4. The molecule has 1 aromatic heterocycles. The van der Waals surface area contributed by atoms with Gasteiger partial charge < -0.3 is 9.47 Å². The van der Waals surface area contributed by atoms with Gasteiger partial charge in [-0.25, -0.2) is 13.6 Å². The molecule has 6 nitrogen and oxygen atoms in total. The first-order valence-corrected chi connectivity index (χ1v) is 6.28. The lowest BCUT2D eigenvalue weighted by Gasteiger charge is -2.11. The fourth-order valence-corrected chi connectivity index (χ4v) is 2.08. The molecule has 1 aromatic rings. The highest BCUT2D eigenvalue weighted by Crippen LogP contribution is 2.35. The van der Waals surface area contributed by atoms with Crippen LogP contribution >= 0.6 is 0 Å². The minimum Gasteiger partial charge on any atom is -0.494 e. The van der Waals surface area contributed by atoms with E-state index in [1.807, 2.05) is 0 Å². The lowest BCUT2D eigenvalue weighted by Crippen LogP contribution is -2.16. The summed E-state index contributed by atoms with van der Waals surface area (Å²) in [5.74, 6) is 0.255.